The van der Waals surface area contributed by atoms with Crippen LogP contribution in [0.25, 0.3) is 21.8 Å². The molecule has 0 unspecified atom stereocenters. The van der Waals surface area contributed by atoms with E-state index in [-0.39, 0.29) is 29.7 Å². The van der Waals surface area contributed by atoms with Crippen molar-refractivity contribution in [1.29, 1.82) is 0 Å². The molecule has 1 aliphatic heterocycles. The van der Waals surface area contributed by atoms with Gasteiger partial charge in [-0.1, -0.05) is 11.6 Å². The Hall–Kier alpha value is -2.87. The molecular weight excluding hydrogens is 436 g/mol. The van der Waals surface area contributed by atoms with Crippen LogP contribution in [-0.2, 0) is 26.7 Å². The first-order valence-corrected chi connectivity index (χ1v) is 9.86. The van der Waals surface area contributed by atoms with E-state index in [1.807, 2.05) is 0 Å². The molecule has 0 bridgehead atoms. The van der Waals surface area contributed by atoms with Crippen LogP contribution in [0.5, 0.6) is 11.5 Å². The van der Waals surface area contributed by atoms with Gasteiger partial charge in [-0.25, -0.2) is 4.39 Å². The first-order valence-electron chi connectivity index (χ1n) is 9.49. The molecule has 2 aromatic heterocycles. The normalized spacial score (nSPS) is 13.7. The molecule has 0 spiro atoms. The van der Waals surface area contributed by atoms with Gasteiger partial charge >= 0.3 is 6.18 Å². The molecule has 1 aliphatic rings. The molecule has 3 heterocycles. The van der Waals surface area contributed by atoms with E-state index in [4.69, 9.17) is 21.1 Å². The molecule has 0 saturated heterocycles. The number of halogens is 5. The summed E-state index contributed by atoms with van der Waals surface area (Å²) in [4.78, 5) is 0. The highest BCUT2D eigenvalue weighted by Gasteiger charge is 2.35. The van der Waals surface area contributed by atoms with E-state index in [0.717, 1.165) is 6.07 Å². The van der Waals surface area contributed by atoms with Gasteiger partial charge in [-0.05, 0) is 30.7 Å². The fourth-order valence-electron chi connectivity index (χ4n) is 4.30. The minimum Gasteiger partial charge on any atom is -0.454 e. The molecule has 0 atom stereocenters. The SMILES string of the molecule is Cc1cc2c(C(F)(F)F)cc(Cc3cc4c5c(cc(Cl)c4n3C)OCO5)c(F)c2n1C. The van der Waals surface area contributed by atoms with Crippen molar-refractivity contribution in [2.45, 2.75) is 19.5 Å². The largest absolute Gasteiger partial charge is 0.454 e. The summed E-state index contributed by atoms with van der Waals surface area (Å²) >= 11 is 6.40. The Morgan fingerprint density at radius 3 is 2.45 bits per heavy atom. The summed E-state index contributed by atoms with van der Waals surface area (Å²) < 4.78 is 70.8. The number of alkyl halides is 3. The van der Waals surface area contributed by atoms with Gasteiger partial charge in [0.15, 0.2) is 17.3 Å². The molecule has 5 rings (SSSR count). The number of ether oxygens (including phenoxy) is 2. The van der Waals surface area contributed by atoms with Crippen LogP contribution in [0.2, 0.25) is 5.02 Å². The van der Waals surface area contributed by atoms with Crippen molar-refractivity contribution in [2.24, 2.45) is 14.1 Å². The summed E-state index contributed by atoms with van der Waals surface area (Å²) in [5.41, 5.74) is 0.831. The van der Waals surface area contributed by atoms with E-state index in [1.54, 1.807) is 37.7 Å². The minimum absolute atomic E-state index is 0.0446. The first kappa shape index (κ1) is 20.1. The highest BCUT2D eigenvalue weighted by atomic mass is 35.5. The molecule has 0 aliphatic carbocycles. The number of aromatic nitrogens is 2. The monoisotopic (exact) mass is 452 g/mol. The topological polar surface area (TPSA) is 28.3 Å². The van der Waals surface area contributed by atoms with Crippen LogP contribution in [0.15, 0.2) is 24.3 Å². The lowest BCUT2D eigenvalue weighted by molar-refractivity contribution is -0.136. The third-order valence-electron chi connectivity index (χ3n) is 5.95. The number of hydrogen-bond donors (Lipinski definition) is 0. The van der Waals surface area contributed by atoms with Crippen LogP contribution in [0.1, 0.15) is 22.5 Å². The molecule has 4 aromatic rings. The zero-order valence-corrected chi connectivity index (χ0v) is 17.6. The first-order chi connectivity index (χ1) is 14.6. The second-order valence-electron chi connectivity index (χ2n) is 7.73. The van der Waals surface area contributed by atoms with Gasteiger partial charge < -0.3 is 18.6 Å². The Labute approximate surface area is 179 Å². The molecule has 0 amide bonds. The Bertz CT molecular complexity index is 1380. The molecule has 162 valence electrons. The average Bonchev–Trinajstić information content (AvgIpc) is 3.35. The molecule has 0 N–H and O–H groups in total. The Balaban J connectivity index is 1.72. The molecule has 4 nitrogen and oxygen atoms in total. The summed E-state index contributed by atoms with van der Waals surface area (Å²) in [5.74, 6) is 0.354. The van der Waals surface area contributed by atoms with Crippen molar-refractivity contribution in [1.82, 2.24) is 9.13 Å². The predicted molar refractivity (Wildman–Crippen MR) is 109 cm³/mol. The lowest BCUT2D eigenvalue weighted by atomic mass is 10.0. The van der Waals surface area contributed by atoms with Crippen LogP contribution < -0.4 is 9.47 Å². The lowest BCUT2D eigenvalue weighted by Crippen LogP contribution is -2.09. The van der Waals surface area contributed by atoms with Gasteiger partial charge in [0, 0.05) is 48.7 Å². The summed E-state index contributed by atoms with van der Waals surface area (Å²) in [5, 5.41) is 0.944. The number of rotatable bonds is 2. The van der Waals surface area contributed by atoms with E-state index in [1.165, 1.54) is 10.6 Å². The van der Waals surface area contributed by atoms with Gasteiger partial charge in [0.2, 0.25) is 6.79 Å². The summed E-state index contributed by atoms with van der Waals surface area (Å²) in [6.07, 6.45) is -4.66. The van der Waals surface area contributed by atoms with Crippen molar-refractivity contribution in [3.05, 3.63) is 57.6 Å². The summed E-state index contributed by atoms with van der Waals surface area (Å²) in [7, 11) is 3.29. The Morgan fingerprint density at radius 2 is 1.74 bits per heavy atom. The average molecular weight is 453 g/mol. The van der Waals surface area contributed by atoms with Crippen LogP contribution in [0.4, 0.5) is 17.6 Å². The summed E-state index contributed by atoms with van der Waals surface area (Å²) in [6.45, 7) is 1.70. The molecule has 9 heteroatoms. The van der Waals surface area contributed by atoms with Crippen molar-refractivity contribution in [3.63, 3.8) is 0 Å². The minimum atomic E-state index is -4.61. The number of benzene rings is 2. The molecule has 0 saturated carbocycles. The van der Waals surface area contributed by atoms with Gasteiger partial charge in [0.05, 0.1) is 21.6 Å². The van der Waals surface area contributed by atoms with Crippen LogP contribution in [0.3, 0.4) is 0 Å². The quantitative estimate of drug-likeness (QED) is 0.343. The second-order valence-corrected chi connectivity index (χ2v) is 8.14. The maximum absolute atomic E-state index is 15.4. The number of aryl methyl sites for hydroxylation is 3. The van der Waals surface area contributed by atoms with Gasteiger partial charge in [-0.2, -0.15) is 13.2 Å². The van der Waals surface area contributed by atoms with Gasteiger partial charge in [0.1, 0.15) is 0 Å². The number of hydrogen-bond acceptors (Lipinski definition) is 2. The standard InChI is InChI=1S/C22H17ClF4N2O2/c1-10-4-13-15(22(25,26)27)6-11(18(24)20(13)28(10)2)5-12-7-14-19(29(12)3)16(23)8-17-21(14)31-9-30-17/h4,6-8H,5,9H2,1-3H3. The van der Waals surface area contributed by atoms with E-state index < -0.39 is 17.6 Å². The van der Waals surface area contributed by atoms with Crippen LogP contribution in [0, 0.1) is 12.7 Å². The highest BCUT2D eigenvalue weighted by molar-refractivity contribution is 6.35. The lowest BCUT2D eigenvalue weighted by Gasteiger charge is -2.14. The van der Waals surface area contributed by atoms with Crippen molar-refractivity contribution >= 4 is 33.4 Å². The van der Waals surface area contributed by atoms with Crippen LogP contribution >= 0.6 is 11.6 Å². The fraction of sp³-hybridized carbons (Fsp3) is 0.273. The zero-order chi connectivity index (χ0) is 22.2. The van der Waals surface area contributed by atoms with E-state index in [9.17, 15) is 13.2 Å². The van der Waals surface area contributed by atoms with Crippen LogP contribution in [-0.4, -0.2) is 15.9 Å². The third kappa shape index (κ3) is 2.88. The Kier molecular flexibility index (Phi) is 4.25. The molecule has 2 aromatic carbocycles. The number of nitrogens with zero attached hydrogens (tertiary/aromatic N) is 2. The molecule has 31 heavy (non-hydrogen) atoms. The maximum Gasteiger partial charge on any atom is 0.417 e. The van der Waals surface area contributed by atoms with E-state index in [2.05, 4.69) is 0 Å². The van der Waals surface area contributed by atoms with Gasteiger partial charge in [-0.3, -0.25) is 0 Å². The second kappa shape index (κ2) is 6.56. The maximum atomic E-state index is 15.4. The van der Waals surface area contributed by atoms with Crippen molar-refractivity contribution < 1.29 is 27.0 Å². The smallest absolute Gasteiger partial charge is 0.417 e. The van der Waals surface area contributed by atoms with E-state index >= 15 is 4.39 Å². The van der Waals surface area contributed by atoms with Crippen molar-refractivity contribution in [2.75, 3.05) is 6.79 Å². The molecule has 0 fully saturated rings. The van der Waals surface area contributed by atoms with Gasteiger partial charge in [-0.15, -0.1) is 0 Å². The highest BCUT2D eigenvalue weighted by Crippen LogP contribution is 2.45. The number of fused-ring (bicyclic) bond motifs is 4. The fourth-order valence-corrected chi connectivity index (χ4v) is 4.63. The summed E-state index contributed by atoms with van der Waals surface area (Å²) in [6, 6.07) is 5.65. The molecular formula is C22H17ClF4N2O2. The third-order valence-corrected chi connectivity index (χ3v) is 6.24. The van der Waals surface area contributed by atoms with Crippen molar-refractivity contribution in [3.8, 4) is 11.5 Å². The van der Waals surface area contributed by atoms with Gasteiger partial charge in [0.25, 0.3) is 0 Å². The Morgan fingerprint density at radius 1 is 1.00 bits per heavy atom. The predicted octanol–water partition coefficient (Wildman–Crippen LogP) is 6.11. The van der Waals surface area contributed by atoms with E-state index in [0.29, 0.717) is 38.8 Å². The molecule has 0 radical (unpaired) electrons. The zero-order valence-electron chi connectivity index (χ0n) is 16.8.